The second-order valence-electron chi connectivity index (χ2n) is 4.89. The van der Waals surface area contributed by atoms with Crippen molar-refractivity contribution in [3.8, 4) is 0 Å². The molecule has 7 heteroatoms. The van der Waals surface area contributed by atoms with Crippen LogP contribution in [0.3, 0.4) is 0 Å². The number of imide groups is 1. The molecule has 7 nitrogen and oxygen atoms in total. The number of nitrogens with zero attached hydrogens (tertiary/aromatic N) is 2. The van der Waals surface area contributed by atoms with Crippen molar-refractivity contribution < 1.29 is 19.5 Å². The van der Waals surface area contributed by atoms with Crippen LogP contribution in [0.1, 0.15) is 19.3 Å². The van der Waals surface area contributed by atoms with E-state index in [2.05, 4.69) is 5.32 Å². The third-order valence-corrected chi connectivity index (χ3v) is 3.58. The molecule has 106 valence electrons. The number of nitrogens with one attached hydrogen (secondary N) is 1. The number of hydrogen-bond donors (Lipinski definition) is 2. The Balaban J connectivity index is 1.90. The number of carboxylic acids is 1. The average Bonchev–Trinajstić information content (AvgIpc) is 2.67. The molecule has 19 heavy (non-hydrogen) atoms. The molecule has 0 saturated carbocycles. The lowest BCUT2D eigenvalue weighted by Gasteiger charge is -2.31. The van der Waals surface area contributed by atoms with Gasteiger partial charge in [-0.15, -0.1) is 0 Å². The van der Waals surface area contributed by atoms with Crippen molar-refractivity contribution in [3.05, 3.63) is 0 Å². The zero-order chi connectivity index (χ0) is 13.8. The Bertz CT molecular complexity index is 379. The van der Waals surface area contributed by atoms with Crippen molar-refractivity contribution in [2.24, 2.45) is 0 Å². The lowest BCUT2D eigenvalue weighted by atomic mass is 10.2. The summed E-state index contributed by atoms with van der Waals surface area (Å²) in [5, 5.41) is 11.8. The number of aliphatic carboxylic acids is 1. The van der Waals surface area contributed by atoms with Crippen molar-refractivity contribution in [1.82, 2.24) is 15.1 Å². The summed E-state index contributed by atoms with van der Waals surface area (Å²) in [4.78, 5) is 37.7. The fourth-order valence-corrected chi connectivity index (χ4v) is 2.57. The number of hydrogen-bond acceptors (Lipinski definition) is 5. The Morgan fingerprint density at radius 1 is 1.32 bits per heavy atom. The fraction of sp³-hybridized carbons (Fsp3) is 0.750. The van der Waals surface area contributed by atoms with Crippen LogP contribution in [0, 0.1) is 0 Å². The monoisotopic (exact) mass is 269 g/mol. The summed E-state index contributed by atoms with van der Waals surface area (Å²) in [6.07, 6.45) is 0.530. The van der Waals surface area contributed by atoms with Crippen molar-refractivity contribution in [2.75, 3.05) is 32.7 Å². The van der Waals surface area contributed by atoms with E-state index in [4.69, 9.17) is 5.11 Å². The van der Waals surface area contributed by atoms with Gasteiger partial charge < -0.3 is 10.4 Å². The first kappa shape index (κ1) is 14.0. The first-order valence-corrected chi connectivity index (χ1v) is 6.60. The van der Waals surface area contributed by atoms with Gasteiger partial charge in [0.05, 0.1) is 12.5 Å². The molecule has 0 spiro atoms. The van der Waals surface area contributed by atoms with Crippen LogP contribution >= 0.6 is 0 Å². The molecule has 2 N–H and O–H groups in total. The molecular weight excluding hydrogens is 250 g/mol. The Labute approximate surface area is 111 Å². The molecule has 2 aliphatic heterocycles. The maximum atomic E-state index is 12.2. The SMILES string of the molecule is O=C(O)CCCN1C(=O)CC(N2CCNCC2)C1=O. The quantitative estimate of drug-likeness (QED) is 0.615. The topological polar surface area (TPSA) is 89.9 Å². The maximum Gasteiger partial charge on any atom is 0.303 e. The summed E-state index contributed by atoms with van der Waals surface area (Å²) in [5.41, 5.74) is 0. The molecule has 1 atom stereocenters. The largest absolute Gasteiger partial charge is 0.481 e. The van der Waals surface area contributed by atoms with Crippen LogP contribution in [-0.4, -0.2) is 71.5 Å². The number of rotatable bonds is 5. The van der Waals surface area contributed by atoms with Gasteiger partial charge in [0.2, 0.25) is 11.8 Å². The highest BCUT2D eigenvalue weighted by atomic mass is 16.4. The summed E-state index contributed by atoms with van der Waals surface area (Å²) in [6, 6.07) is -0.348. The molecule has 0 aromatic rings. The van der Waals surface area contributed by atoms with E-state index < -0.39 is 5.97 Å². The summed E-state index contributed by atoms with van der Waals surface area (Å²) in [5.74, 6) is -1.26. The summed E-state index contributed by atoms with van der Waals surface area (Å²) in [6.45, 7) is 3.42. The van der Waals surface area contributed by atoms with E-state index in [-0.39, 0.29) is 37.2 Å². The van der Waals surface area contributed by atoms with Crippen LogP contribution < -0.4 is 5.32 Å². The zero-order valence-corrected chi connectivity index (χ0v) is 10.8. The van der Waals surface area contributed by atoms with E-state index in [0.29, 0.717) is 6.42 Å². The van der Waals surface area contributed by atoms with E-state index in [1.54, 1.807) is 0 Å². The minimum atomic E-state index is -0.905. The smallest absolute Gasteiger partial charge is 0.303 e. The number of piperazine rings is 1. The van der Waals surface area contributed by atoms with Crippen LogP contribution in [0.2, 0.25) is 0 Å². The molecule has 0 radical (unpaired) electrons. The number of carboxylic acid groups (broad SMARTS) is 1. The van der Waals surface area contributed by atoms with Gasteiger partial charge in [0.1, 0.15) is 0 Å². The third-order valence-electron chi connectivity index (χ3n) is 3.58. The molecule has 0 aromatic heterocycles. The summed E-state index contributed by atoms with van der Waals surface area (Å²) < 4.78 is 0. The van der Waals surface area contributed by atoms with E-state index in [1.807, 2.05) is 4.90 Å². The molecule has 2 aliphatic rings. The van der Waals surface area contributed by atoms with Crippen LogP contribution in [0.4, 0.5) is 0 Å². The number of amides is 2. The first-order chi connectivity index (χ1) is 9.09. The van der Waals surface area contributed by atoms with Gasteiger partial charge in [0, 0.05) is 39.1 Å². The molecule has 2 rings (SSSR count). The van der Waals surface area contributed by atoms with Gasteiger partial charge in [-0.2, -0.15) is 0 Å². The van der Waals surface area contributed by atoms with Crippen LogP contribution in [0.25, 0.3) is 0 Å². The summed E-state index contributed by atoms with van der Waals surface area (Å²) >= 11 is 0. The van der Waals surface area contributed by atoms with Crippen LogP contribution in [0.5, 0.6) is 0 Å². The van der Waals surface area contributed by atoms with Crippen molar-refractivity contribution in [2.45, 2.75) is 25.3 Å². The number of carbonyl (C=O) groups excluding carboxylic acids is 2. The van der Waals surface area contributed by atoms with Gasteiger partial charge in [-0.3, -0.25) is 24.2 Å². The Hall–Kier alpha value is -1.47. The van der Waals surface area contributed by atoms with Gasteiger partial charge in [0.25, 0.3) is 0 Å². The fourth-order valence-electron chi connectivity index (χ4n) is 2.57. The van der Waals surface area contributed by atoms with E-state index >= 15 is 0 Å². The molecule has 0 aromatic carbocycles. The van der Waals surface area contributed by atoms with Crippen molar-refractivity contribution in [1.29, 1.82) is 0 Å². The second-order valence-corrected chi connectivity index (χ2v) is 4.89. The minimum absolute atomic E-state index is 0.0185. The lowest BCUT2D eigenvalue weighted by molar-refractivity contribution is -0.142. The second kappa shape index (κ2) is 6.12. The van der Waals surface area contributed by atoms with Gasteiger partial charge in [-0.1, -0.05) is 0 Å². The first-order valence-electron chi connectivity index (χ1n) is 6.60. The molecule has 2 saturated heterocycles. The van der Waals surface area contributed by atoms with Gasteiger partial charge >= 0.3 is 5.97 Å². The van der Waals surface area contributed by atoms with Crippen LogP contribution in [0.15, 0.2) is 0 Å². The van der Waals surface area contributed by atoms with E-state index in [9.17, 15) is 14.4 Å². The van der Waals surface area contributed by atoms with Gasteiger partial charge in [0.15, 0.2) is 0 Å². The van der Waals surface area contributed by atoms with Gasteiger partial charge in [-0.05, 0) is 6.42 Å². The summed E-state index contributed by atoms with van der Waals surface area (Å²) in [7, 11) is 0. The molecular formula is C12H19N3O4. The highest BCUT2D eigenvalue weighted by Gasteiger charge is 2.41. The van der Waals surface area contributed by atoms with Crippen LogP contribution in [-0.2, 0) is 14.4 Å². The Kier molecular flexibility index (Phi) is 4.49. The highest BCUT2D eigenvalue weighted by Crippen LogP contribution is 2.19. The Morgan fingerprint density at radius 2 is 2.00 bits per heavy atom. The lowest BCUT2D eigenvalue weighted by Crippen LogP contribution is -2.51. The Morgan fingerprint density at radius 3 is 2.63 bits per heavy atom. The molecule has 0 aliphatic carbocycles. The number of carbonyl (C=O) groups is 3. The van der Waals surface area contributed by atoms with Crippen molar-refractivity contribution >= 4 is 17.8 Å². The molecule has 2 heterocycles. The molecule has 2 fully saturated rings. The third kappa shape index (κ3) is 3.30. The number of likely N-dealkylation sites (tertiary alicyclic amines) is 1. The maximum absolute atomic E-state index is 12.2. The predicted molar refractivity (Wildman–Crippen MR) is 66.4 cm³/mol. The van der Waals surface area contributed by atoms with Crippen molar-refractivity contribution in [3.63, 3.8) is 0 Å². The molecule has 2 amide bonds. The standard InChI is InChI=1S/C12H19N3O4/c16-10-8-9(14-6-3-13-4-7-14)12(19)15(10)5-1-2-11(17)18/h9,13H,1-8H2,(H,17,18). The zero-order valence-electron chi connectivity index (χ0n) is 10.8. The van der Waals surface area contributed by atoms with E-state index in [0.717, 1.165) is 26.2 Å². The highest BCUT2D eigenvalue weighted by molar-refractivity contribution is 6.05. The molecule has 1 unspecified atom stereocenters. The average molecular weight is 269 g/mol. The van der Waals surface area contributed by atoms with Gasteiger partial charge in [-0.25, -0.2) is 0 Å². The molecule has 0 bridgehead atoms. The minimum Gasteiger partial charge on any atom is -0.481 e. The predicted octanol–water partition coefficient (Wildman–Crippen LogP) is -1.12. The van der Waals surface area contributed by atoms with E-state index in [1.165, 1.54) is 4.90 Å². The normalized spacial score (nSPS) is 25.1.